The third-order valence-electron chi connectivity index (χ3n) is 8.34. The summed E-state index contributed by atoms with van der Waals surface area (Å²) in [7, 11) is 1.50. The zero-order valence-electron chi connectivity index (χ0n) is 21.1. The first-order valence-electron chi connectivity index (χ1n) is 12.8. The average Bonchev–Trinajstić information content (AvgIpc) is 3.14. The number of phenols is 1. The van der Waals surface area contributed by atoms with Gasteiger partial charge in [0, 0.05) is 41.3 Å². The Balaban J connectivity index is 1.42. The Labute approximate surface area is 220 Å². The van der Waals surface area contributed by atoms with Crippen LogP contribution < -0.4 is 4.74 Å². The van der Waals surface area contributed by atoms with Crippen LogP contribution in [0.3, 0.4) is 0 Å². The Morgan fingerprint density at radius 2 is 1.76 bits per heavy atom. The van der Waals surface area contributed by atoms with Crippen molar-refractivity contribution in [3.8, 4) is 11.5 Å². The smallest absolute Gasteiger partial charge is 0.233 e. The average molecular weight is 510 g/mol. The summed E-state index contributed by atoms with van der Waals surface area (Å²) in [6.45, 7) is 1.94. The summed E-state index contributed by atoms with van der Waals surface area (Å²) < 4.78 is 5.87. The van der Waals surface area contributed by atoms with Crippen molar-refractivity contribution in [1.29, 1.82) is 0 Å². The van der Waals surface area contributed by atoms with Crippen molar-refractivity contribution in [3.05, 3.63) is 94.1 Å². The molecule has 2 amide bonds. The number of amides is 2. The Morgan fingerprint density at radius 3 is 2.50 bits per heavy atom. The first-order valence-corrected chi connectivity index (χ1v) is 12.8. The number of hydrogen-bond donors (Lipinski definition) is 1. The molecule has 1 saturated heterocycles. The molecule has 1 heterocycles. The molecule has 0 bridgehead atoms. The van der Waals surface area contributed by atoms with Gasteiger partial charge in [0.15, 0.2) is 11.6 Å². The number of ketones is 2. The van der Waals surface area contributed by atoms with Crippen LogP contribution >= 0.6 is 0 Å². The van der Waals surface area contributed by atoms with Crippen molar-refractivity contribution in [2.24, 2.45) is 17.8 Å². The highest BCUT2D eigenvalue weighted by atomic mass is 16.5. The van der Waals surface area contributed by atoms with Crippen LogP contribution in [-0.4, -0.2) is 40.4 Å². The third-order valence-corrected chi connectivity index (χ3v) is 8.34. The monoisotopic (exact) mass is 509 g/mol. The van der Waals surface area contributed by atoms with Gasteiger partial charge >= 0.3 is 0 Å². The predicted molar refractivity (Wildman–Crippen MR) is 138 cm³/mol. The number of rotatable bonds is 4. The molecule has 0 saturated carbocycles. The molecule has 1 fully saturated rings. The molecule has 4 unspecified atom stereocenters. The van der Waals surface area contributed by atoms with E-state index in [0.717, 1.165) is 11.1 Å². The summed E-state index contributed by atoms with van der Waals surface area (Å²) in [5, 5.41) is 11.2. The van der Waals surface area contributed by atoms with E-state index in [1.165, 1.54) is 24.1 Å². The maximum atomic E-state index is 13.3. The molecule has 2 aromatic carbocycles. The molecule has 0 radical (unpaired) electrons. The number of nitrogens with zero attached hydrogens (tertiary/aromatic N) is 1. The first-order chi connectivity index (χ1) is 18.3. The normalized spacial score (nSPS) is 26.5. The molecule has 192 valence electrons. The molecule has 0 aromatic heterocycles. The van der Waals surface area contributed by atoms with Crippen molar-refractivity contribution in [3.63, 3.8) is 0 Å². The molecular weight excluding hydrogens is 482 g/mol. The van der Waals surface area contributed by atoms with E-state index in [-0.39, 0.29) is 35.6 Å². The Morgan fingerprint density at radius 1 is 1.00 bits per heavy atom. The number of imide groups is 1. The molecule has 38 heavy (non-hydrogen) atoms. The van der Waals surface area contributed by atoms with E-state index in [1.807, 2.05) is 36.4 Å². The number of carbonyl (C=O) groups excluding carboxylic acids is 4. The van der Waals surface area contributed by atoms with Crippen LogP contribution in [0, 0.1) is 17.8 Å². The van der Waals surface area contributed by atoms with Gasteiger partial charge in [0.1, 0.15) is 18.1 Å². The van der Waals surface area contributed by atoms with Gasteiger partial charge in [0.05, 0.1) is 11.8 Å². The second-order valence-corrected chi connectivity index (χ2v) is 10.5. The highest BCUT2D eigenvalue weighted by molar-refractivity contribution is 6.23. The van der Waals surface area contributed by atoms with Crippen LogP contribution in [0.5, 0.6) is 11.5 Å². The van der Waals surface area contributed by atoms with Gasteiger partial charge in [-0.05, 0) is 43.4 Å². The fourth-order valence-electron chi connectivity index (χ4n) is 6.49. The minimum Gasteiger partial charge on any atom is -0.507 e. The van der Waals surface area contributed by atoms with Crippen LogP contribution in [0.1, 0.15) is 36.8 Å². The molecular formula is C31H27NO6. The number of Topliss-reactive ketones (excluding diaryl/α,β-unsaturated/α-hetero) is 1. The van der Waals surface area contributed by atoms with Gasteiger partial charge in [-0.1, -0.05) is 48.0 Å². The maximum Gasteiger partial charge on any atom is 0.233 e. The van der Waals surface area contributed by atoms with Crippen molar-refractivity contribution in [2.45, 2.75) is 32.3 Å². The van der Waals surface area contributed by atoms with Crippen LogP contribution in [-0.2, 0) is 25.8 Å². The van der Waals surface area contributed by atoms with Gasteiger partial charge in [0.25, 0.3) is 0 Å². The highest BCUT2D eigenvalue weighted by Crippen LogP contribution is 2.56. The molecule has 2 aromatic rings. The molecule has 6 rings (SSSR count). The van der Waals surface area contributed by atoms with E-state index in [4.69, 9.17) is 4.74 Å². The Kier molecular flexibility index (Phi) is 5.67. The van der Waals surface area contributed by atoms with Gasteiger partial charge in [-0.3, -0.25) is 24.1 Å². The second-order valence-electron chi connectivity index (χ2n) is 10.5. The molecule has 1 N–H and O–H groups in total. The van der Waals surface area contributed by atoms with Crippen LogP contribution in [0.15, 0.2) is 83.0 Å². The van der Waals surface area contributed by atoms with E-state index >= 15 is 0 Å². The Hall–Kier alpha value is -4.26. The summed E-state index contributed by atoms with van der Waals surface area (Å²) in [6, 6.07) is 14.6. The number of allylic oxidation sites excluding steroid dienone is 6. The van der Waals surface area contributed by atoms with Crippen LogP contribution in [0.2, 0.25) is 0 Å². The van der Waals surface area contributed by atoms with Crippen LogP contribution in [0.25, 0.3) is 0 Å². The number of hydrogen-bond acceptors (Lipinski definition) is 6. The molecule has 1 aliphatic heterocycles. The SMILES string of the molecule is CC1=CC(=O)C2=C(CC3C(=CCC4C(=O)N(C)C(=O)C43)C2c2ccc(OCc3ccccc3)cc2O)C1=O. The standard InChI is InChI=1S/C31H27NO6/c1-16-12-25(34)28-23(29(16)35)14-22-19(10-11-21-27(22)31(37)32(2)30(21)36)26(28)20-9-8-18(13-24(20)33)38-15-17-6-4-3-5-7-17/h3-10,12-13,21-22,26-27,33H,11,14-15H2,1-2H3. The van der Waals surface area contributed by atoms with Gasteiger partial charge < -0.3 is 9.84 Å². The number of phenolic OH excluding ortho intramolecular Hbond substituents is 1. The Bertz CT molecular complexity index is 1500. The molecule has 7 heteroatoms. The maximum absolute atomic E-state index is 13.3. The number of ether oxygens (including phenoxy) is 1. The molecule has 4 aliphatic rings. The lowest BCUT2D eigenvalue weighted by molar-refractivity contribution is -0.138. The quantitative estimate of drug-likeness (QED) is 0.380. The van der Waals surface area contributed by atoms with Crippen molar-refractivity contribution >= 4 is 23.4 Å². The lowest BCUT2D eigenvalue weighted by Crippen LogP contribution is -2.39. The largest absolute Gasteiger partial charge is 0.507 e. The number of carbonyl (C=O) groups is 4. The van der Waals surface area contributed by atoms with Crippen LogP contribution in [0.4, 0.5) is 0 Å². The summed E-state index contributed by atoms with van der Waals surface area (Å²) in [5.74, 6) is -2.71. The van der Waals surface area contributed by atoms with E-state index < -0.39 is 23.7 Å². The predicted octanol–water partition coefficient (Wildman–Crippen LogP) is 4.03. The summed E-state index contributed by atoms with van der Waals surface area (Å²) in [4.78, 5) is 53.7. The van der Waals surface area contributed by atoms with Gasteiger partial charge in [-0.15, -0.1) is 0 Å². The van der Waals surface area contributed by atoms with E-state index in [9.17, 15) is 24.3 Å². The third kappa shape index (κ3) is 3.64. The second kappa shape index (κ2) is 8.94. The fourth-order valence-corrected chi connectivity index (χ4v) is 6.49. The first kappa shape index (κ1) is 24.1. The van der Waals surface area contributed by atoms with E-state index in [2.05, 4.69) is 0 Å². The number of fused-ring (bicyclic) bond motifs is 3. The zero-order chi connectivity index (χ0) is 26.7. The van der Waals surface area contributed by atoms with Gasteiger partial charge in [-0.25, -0.2) is 0 Å². The molecule has 0 spiro atoms. The number of benzene rings is 2. The lowest BCUT2D eigenvalue weighted by Gasteiger charge is -2.42. The zero-order valence-corrected chi connectivity index (χ0v) is 21.1. The summed E-state index contributed by atoms with van der Waals surface area (Å²) in [5.41, 5.74) is 3.34. The minimum absolute atomic E-state index is 0.0615. The van der Waals surface area contributed by atoms with Gasteiger partial charge in [-0.2, -0.15) is 0 Å². The summed E-state index contributed by atoms with van der Waals surface area (Å²) >= 11 is 0. The highest BCUT2D eigenvalue weighted by Gasteiger charge is 2.55. The van der Waals surface area contributed by atoms with Crippen molar-refractivity contribution < 1.29 is 29.0 Å². The lowest BCUT2D eigenvalue weighted by atomic mass is 9.59. The molecule has 4 atom stereocenters. The minimum atomic E-state index is -0.692. The number of aromatic hydroxyl groups is 1. The van der Waals surface area contributed by atoms with E-state index in [0.29, 0.717) is 41.1 Å². The van der Waals surface area contributed by atoms with Crippen molar-refractivity contribution in [2.75, 3.05) is 7.05 Å². The topological polar surface area (TPSA) is 101 Å². The number of likely N-dealkylation sites (tertiary alicyclic amines) is 1. The van der Waals surface area contributed by atoms with E-state index in [1.54, 1.807) is 19.1 Å². The summed E-state index contributed by atoms with van der Waals surface area (Å²) in [6.07, 6.45) is 3.89. The van der Waals surface area contributed by atoms with Gasteiger partial charge in [0.2, 0.25) is 11.8 Å². The van der Waals surface area contributed by atoms with Crippen molar-refractivity contribution in [1.82, 2.24) is 4.90 Å². The molecule has 7 nitrogen and oxygen atoms in total. The fraction of sp³-hybridized carbons (Fsp3) is 0.290. The molecule has 3 aliphatic carbocycles.